The van der Waals surface area contributed by atoms with E-state index < -0.39 is 11.5 Å². The Hall–Kier alpha value is -3.54. The zero-order valence-electron chi connectivity index (χ0n) is 20.3. The van der Waals surface area contributed by atoms with Gasteiger partial charge in [-0.25, -0.2) is 4.52 Å². The van der Waals surface area contributed by atoms with Crippen LogP contribution in [0.15, 0.2) is 18.5 Å². The van der Waals surface area contributed by atoms with Gasteiger partial charge in [-0.2, -0.15) is 9.90 Å². The quantitative estimate of drug-likeness (QED) is 0.466. The standard InChI is InChI=1S/C23H31N9O3/c1-5-32-28-21(27-29-32)14-7-18-19(15(20(24)33)8-25-31(18)10-14)26-17-6-13-9-30(11-16(13)12(17)2)22(34)23(3,4)35/h7-8,10,12-13,16-17,26,35H,5-6,9,11H2,1-4H3,(H2,24,33). The maximum absolute atomic E-state index is 12.6. The second kappa shape index (κ2) is 8.29. The van der Waals surface area contributed by atoms with E-state index in [4.69, 9.17) is 5.73 Å². The van der Waals surface area contributed by atoms with E-state index in [0.717, 1.165) is 12.0 Å². The molecule has 12 heteroatoms. The van der Waals surface area contributed by atoms with Gasteiger partial charge in [0.05, 0.1) is 29.5 Å². The number of tetrazole rings is 1. The molecule has 35 heavy (non-hydrogen) atoms. The van der Waals surface area contributed by atoms with Gasteiger partial charge in [0.2, 0.25) is 5.82 Å². The zero-order valence-corrected chi connectivity index (χ0v) is 20.3. The number of rotatable bonds is 6. The van der Waals surface area contributed by atoms with Crippen LogP contribution >= 0.6 is 0 Å². The molecule has 3 aromatic heterocycles. The number of carbonyl (C=O) groups excluding carboxylic acids is 2. The summed E-state index contributed by atoms with van der Waals surface area (Å²) in [5.41, 5.74) is 6.71. The summed E-state index contributed by atoms with van der Waals surface area (Å²) in [5, 5.41) is 30.6. The van der Waals surface area contributed by atoms with Crippen molar-refractivity contribution in [3.05, 3.63) is 24.0 Å². The molecule has 186 valence electrons. The van der Waals surface area contributed by atoms with Crippen LogP contribution in [-0.2, 0) is 11.3 Å². The number of aryl methyl sites for hydroxylation is 1. The number of fused-ring (bicyclic) bond motifs is 2. The highest BCUT2D eigenvalue weighted by Crippen LogP contribution is 2.44. The smallest absolute Gasteiger partial charge is 0.253 e. The van der Waals surface area contributed by atoms with Gasteiger partial charge >= 0.3 is 0 Å². The third kappa shape index (κ3) is 4.01. The predicted molar refractivity (Wildman–Crippen MR) is 127 cm³/mol. The molecule has 4 heterocycles. The van der Waals surface area contributed by atoms with Gasteiger partial charge in [0.15, 0.2) is 0 Å². The normalized spacial score (nSPS) is 24.2. The van der Waals surface area contributed by atoms with Crippen LogP contribution in [0.4, 0.5) is 5.69 Å². The number of aromatic nitrogens is 6. The van der Waals surface area contributed by atoms with E-state index in [2.05, 4.69) is 32.7 Å². The Kier molecular flexibility index (Phi) is 5.50. The molecule has 3 aromatic rings. The van der Waals surface area contributed by atoms with Crippen LogP contribution in [0.25, 0.3) is 16.9 Å². The van der Waals surface area contributed by atoms with Crippen molar-refractivity contribution in [1.29, 1.82) is 0 Å². The molecule has 1 saturated carbocycles. The Labute approximate surface area is 202 Å². The van der Waals surface area contributed by atoms with Gasteiger partial charge in [-0.1, -0.05) is 6.92 Å². The fraction of sp³-hybridized carbons (Fsp3) is 0.565. The predicted octanol–water partition coefficient (Wildman–Crippen LogP) is 0.772. The minimum absolute atomic E-state index is 0.0890. The van der Waals surface area contributed by atoms with Gasteiger partial charge in [-0.05, 0) is 56.2 Å². The summed E-state index contributed by atoms with van der Waals surface area (Å²) in [4.78, 5) is 28.1. The molecule has 4 N–H and O–H groups in total. The van der Waals surface area contributed by atoms with Crippen molar-refractivity contribution in [2.45, 2.75) is 52.3 Å². The summed E-state index contributed by atoms with van der Waals surface area (Å²) in [6.07, 6.45) is 4.12. The number of anilines is 1. The van der Waals surface area contributed by atoms with E-state index >= 15 is 0 Å². The molecule has 0 bridgehead atoms. The first-order valence-corrected chi connectivity index (χ1v) is 11.9. The Bertz CT molecular complexity index is 1290. The molecule has 4 unspecified atom stereocenters. The Morgan fingerprint density at radius 3 is 2.71 bits per heavy atom. The Balaban J connectivity index is 1.42. The van der Waals surface area contributed by atoms with Crippen LogP contribution in [0.2, 0.25) is 0 Å². The van der Waals surface area contributed by atoms with E-state index in [1.54, 1.807) is 15.6 Å². The van der Waals surface area contributed by atoms with Crippen molar-refractivity contribution in [2.75, 3.05) is 18.4 Å². The highest BCUT2D eigenvalue weighted by Gasteiger charge is 2.48. The molecule has 4 atom stereocenters. The van der Waals surface area contributed by atoms with E-state index in [9.17, 15) is 14.7 Å². The van der Waals surface area contributed by atoms with Gasteiger partial charge in [0.25, 0.3) is 11.8 Å². The first-order valence-electron chi connectivity index (χ1n) is 11.9. The largest absolute Gasteiger partial charge is 0.381 e. The molecule has 2 aliphatic rings. The molecular weight excluding hydrogens is 450 g/mol. The van der Waals surface area contributed by atoms with Gasteiger partial charge < -0.3 is 21.1 Å². The fourth-order valence-electron chi connectivity index (χ4n) is 5.52. The first kappa shape index (κ1) is 23.2. The molecule has 0 aromatic carbocycles. The average Bonchev–Trinajstić information content (AvgIpc) is 3.57. The van der Waals surface area contributed by atoms with Crippen LogP contribution < -0.4 is 11.1 Å². The lowest BCUT2D eigenvalue weighted by Gasteiger charge is -2.28. The number of nitrogens with zero attached hydrogens (tertiary/aromatic N) is 7. The third-order valence-corrected chi connectivity index (χ3v) is 7.40. The van der Waals surface area contributed by atoms with Crippen molar-refractivity contribution >= 4 is 23.0 Å². The topological polar surface area (TPSA) is 157 Å². The monoisotopic (exact) mass is 481 g/mol. The van der Waals surface area contributed by atoms with Crippen molar-refractivity contribution < 1.29 is 14.7 Å². The molecule has 2 amide bonds. The number of aliphatic hydroxyl groups is 1. The lowest BCUT2D eigenvalue weighted by atomic mass is 9.93. The summed E-state index contributed by atoms with van der Waals surface area (Å²) in [7, 11) is 0. The maximum atomic E-state index is 12.6. The molecule has 1 aliphatic heterocycles. The summed E-state index contributed by atoms with van der Waals surface area (Å²) < 4.78 is 1.68. The number of amides is 2. The molecule has 0 spiro atoms. The molecule has 2 fully saturated rings. The van der Waals surface area contributed by atoms with E-state index in [0.29, 0.717) is 54.1 Å². The van der Waals surface area contributed by atoms with Crippen molar-refractivity contribution in [3.8, 4) is 11.4 Å². The van der Waals surface area contributed by atoms with Gasteiger partial charge in [-0.3, -0.25) is 9.59 Å². The van der Waals surface area contributed by atoms with Crippen LogP contribution in [0.5, 0.6) is 0 Å². The Morgan fingerprint density at radius 1 is 1.31 bits per heavy atom. The fourth-order valence-corrected chi connectivity index (χ4v) is 5.52. The zero-order chi connectivity index (χ0) is 25.1. The minimum Gasteiger partial charge on any atom is -0.381 e. The SMILES string of the molecule is CCn1nnc(-c2cc3c(NC4CC5CN(C(=O)C(C)(C)O)CC5C4C)c(C(N)=O)cnn3c2)n1. The second-order valence-electron chi connectivity index (χ2n) is 10.2. The number of likely N-dealkylation sites (tertiary alicyclic amines) is 1. The number of nitrogens with one attached hydrogen (secondary N) is 1. The van der Waals surface area contributed by atoms with Crippen LogP contribution in [-0.4, -0.2) is 76.4 Å². The van der Waals surface area contributed by atoms with E-state index in [1.807, 2.05) is 13.0 Å². The summed E-state index contributed by atoms with van der Waals surface area (Å²) >= 11 is 0. The van der Waals surface area contributed by atoms with Crippen LogP contribution in [0.1, 0.15) is 44.5 Å². The highest BCUT2D eigenvalue weighted by molar-refractivity contribution is 6.02. The van der Waals surface area contributed by atoms with Crippen molar-refractivity contribution in [1.82, 2.24) is 34.7 Å². The lowest BCUT2D eigenvalue weighted by molar-refractivity contribution is -0.147. The summed E-state index contributed by atoms with van der Waals surface area (Å²) in [5.74, 6) is 0.555. The molecule has 12 nitrogen and oxygen atoms in total. The highest BCUT2D eigenvalue weighted by atomic mass is 16.3. The average molecular weight is 482 g/mol. The second-order valence-corrected chi connectivity index (χ2v) is 10.2. The number of hydrogen-bond donors (Lipinski definition) is 3. The number of carbonyl (C=O) groups is 2. The van der Waals surface area contributed by atoms with Gasteiger partial charge in [0.1, 0.15) is 5.60 Å². The number of primary amides is 1. The Morgan fingerprint density at radius 2 is 2.09 bits per heavy atom. The van der Waals surface area contributed by atoms with Crippen LogP contribution in [0, 0.1) is 17.8 Å². The molecular formula is C23H31N9O3. The summed E-state index contributed by atoms with van der Waals surface area (Å²) in [6, 6.07) is 1.97. The van der Waals surface area contributed by atoms with Gasteiger partial charge in [-0.15, -0.1) is 10.2 Å². The minimum atomic E-state index is -1.37. The van der Waals surface area contributed by atoms with Crippen molar-refractivity contribution in [3.63, 3.8) is 0 Å². The van der Waals surface area contributed by atoms with Crippen LogP contribution in [0.3, 0.4) is 0 Å². The maximum Gasteiger partial charge on any atom is 0.253 e. The summed E-state index contributed by atoms with van der Waals surface area (Å²) in [6.45, 7) is 9.01. The lowest BCUT2D eigenvalue weighted by Crippen LogP contribution is -2.45. The first-order chi connectivity index (χ1) is 16.6. The molecule has 0 radical (unpaired) electrons. The van der Waals surface area contributed by atoms with Crippen molar-refractivity contribution in [2.24, 2.45) is 23.5 Å². The number of nitrogens with two attached hydrogens (primary N) is 1. The number of hydrogen-bond acceptors (Lipinski definition) is 8. The molecule has 1 aliphatic carbocycles. The molecule has 5 rings (SSSR count). The van der Waals surface area contributed by atoms with Gasteiger partial charge in [0, 0.05) is 30.9 Å². The van der Waals surface area contributed by atoms with E-state index in [1.165, 1.54) is 24.8 Å². The molecule has 1 saturated heterocycles. The third-order valence-electron chi connectivity index (χ3n) is 7.40. The van der Waals surface area contributed by atoms with E-state index in [-0.39, 0.29) is 17.9 Å².